The van der Waals surface area contributed by atoms with Gasteiger partial charge in [0, 0.05) is 23.1 Å². The lowest BCUT2D eigenvalue weighted by Gasteiger charge is -2.29. The largest absolute Gasteiger partial charge is 0.497 e. The third-order valence-electron chi connectivity index (χ3n) is 5.02. The first-order valence-electron chi connectivity index (χ1n) is 9.06. The summed E-state index contributed by atoms with van der Waals surface area (Å²) < 4.78 is 15.7. The molecular weight excluding hydrogens is 334 g/mol. The van der Waals surface area contributed by atoms with E-state index in [1.807, 2.05) is 12.1 Å². The maximum absolute atomic E-state index is 12.1. The first-order valence-corrected chi connectivity index (χ1v) is 9.06. The number of hydrogen-bond acceptors (Lipinski definition) is 5. The van der Waals surface area contributed by atoms with Crippen LogP contribution in [0.5, 0.6) is 5.75 Å². The predicted octanol–water partition coefficient (Wildman–Crippen LogP) is 3.22. The van der Waals surface area contributed by atoms with Gasteiger partial charge in [-0.25, -0.2) is 0 Å². The number of esters is 1. The topological polar surface area (TPSA) is 77.8 Å². The minimum Gasteiger partial charge on any atom is -0.497 e. The monoisotopic (exact) mass is 359 g/mol. The van der Waals surface area contributed by atoms with Gasteiger partial charge in [0.15, 0.2) is 6.61 Å². The Kier molecular flexibility index (Phi) is 5.81. The van der Waals surface area contributed by atoms with Gasteiger partial charge in [0.2, 0.25) is 0 Å². The van der Waals surface area contributed by atoms with Gasteiger partial charge in [-0.05, 0) is 30.9 Å². The highest BCUT2D eigenvalue weighted by Gasteiger charge is 2.23. The van der Waals surface area contributed by atoms with Crippen molar-refractivity contribution >= 4 is 22.8 Å². The van der Waals surface area contributed by atoms with Crippen LogP contribution >= 0.6 is 0 Å². The number of hydrogen-bond donors (Lipinski definition) is 1. The second kappa shape index (κ2) is 8.25. The van der Waals surface area contributed by atoms with Crippen molar-refractivity contribution in [2.24, 2.45) is 5.92 Å². The number of rotatable bonds is 6. The molecule has 1 aliphatic carbocycles. The van der Waals surface area contributed by atoms with Crippen molar-refractivity contribution in [2.45, 2.75) is 45.1 Å². The molecule has 1 N–H and O–H groups in total. The summed E-state index contributed by atoms with van der Waals surface area (Å²) in [4.78, 5) is 24.1. The van der Waals surface area contributed by atoms with Gasteiger partial charge >= 0.3 is 5.97 Å². The molecule has 1 heterocycles. The first-order chi connectivity index (χ1) is 12.6. The highest BCUT2D eigenvalue weighted by molar-refractivity contribution is 5.87. The normalized spacial score (nSPS) is 19.9. The molecule has 1 amide bonds. The van der Waals surface area contributed by atoms with E-state index in [1.54, 1.807) is 13.2 Å². The second-order valence-electron chi connectivity index (χ2n) is 6.90. The summed E-state index contributed by atoms with van der Waals surface area (Å²) in [5.41, 5.74) is 1.38. The quantitative estimate of drug-likeness (QED) is 0.801. The Labute approximate surface area is 152 Å². The van der Waals surface area contributed by atoms with Crippen molar-refractivity contribution in [3.8, 4) is 5.75 Å². The number of methoxy groups -OCH3 is 1. The fourth-order valence-electron chi connectivity index (χ4n) is 3.46. The Bertz CT molecular complexity index is 782. The molecule has 2 atom stereocenters. The van der Waals surface area contributed by atoms with E-state index in [0.29, 0.717) is 17.3 Å². The van der Waals surface area contributed by atoms with Gasteiger partial charge < -0.3 is 19.2 Å². The van der Waals surface area contributed by atoms with Crippen LogP contribution in [0.2, 0.25) is 0 Å². The van der Waals surface area contributed by atoms with Crippen LogP contribution in [-0.4, -0.2) is 31.6 Å². The maximum atomic E-state index is 12.1. The predicted molar refractivity (Wildman–Crippen MR) is 97.0 cm³/mol. The number of carbonyl (C=O) groups excluding carboxylic acids is 2. The van der Waals surface area contributed by atoms with Crippen LogP contribution in [0, 0.1) is 5.92 Å². The molecule has 1 aromatic carbocycles. The summed E-state index contributed by atoms with van der Waals surface area (Å²) in [6, 6.07) is 5.61. The molecule has 3 rings (SSSR count). The van der Waals surface area contributed by atoms with Crippen LogP contribution < -0.4 is 10.1 Å². The van der Waals surface area contributed by atoms with E-state index in [2.05, 4.69) is 12.2 Å². The molecule has 6 heteroatoms. The summed E-state index contributed by atoms with van der Waals surface area (Å²) in [5, 5.41) is 3.81. The van der Waals surface area contributed by atoms with Crippen molar-refractivity contribution in [1.82, 2.24) is 5.32 Å². The number of carbonyl (C=O) groups is 2. The Morgan fingerprint density at radius 3 is 2.85 bits per heavy atom. The highest BCUT2D eigenvalue weighted by Crippen LogP contribution is 2.26. The molecular formula is C20H25NO5. The Balaban J connectivity index is 1.50. The van der Waals surface area contributed by atoms with E-state index in [4.69, 9.17) is 13.9 Å². The van der Waals surface area contributed by atoms with E-state index in [1.165, 1.54) is 12.7 Å². The molecule has 0 unspecified atom stereocenters. The number of nitrogens with one attached hydrogen (secondary N) is 1. The smallest absolute Gasteiger partial charge is 0.310 e. The zero-order chi connectivity index (χ0) is 18.5. The van der Waals surface area contributed by atoms with Crippen LogP contribution in [0.1, 0.15) is 38.2 Å². The van der Waals surface area contributed by atoms with E-state index in [0.717, 1.165) is 30.2 Å². The molecule has 26 heavy (non-hydrogen) atoms. The standard InChI is InChI=1S/C20H25NO5/c1-13-5-3-4-6-17(13)21-19(22)12-26-20(23)9-14-11-25-18-10-15(24-2)7-8-16(14)18/h7-8,10-11,13,17H,3-6,9,12H2,1-2H3,(H,21,22)/t13-,17-/m1/s1. The van der Waals surface area contributed by atoms with Crippen molar-refractivity contribution in [3.05, 3.63) is 30.0 Å². The molecule has 0 saturated heterocycles. The molecule has 6 nitrogen and oxygen atoms in total. The molecule has 2 aromatic rings. The second-order valence-corrected chi connectivity index (χ2v) is 6.90. The minimum atomic E-state index is -0.449. The van der Waals surface area contributed by atoms with E-state index in [-0.39, 0.29) is 25.0 Å². The molecule has 1 fully saturated rings. The molecule has 0 bridgehead atoms. The molecule has 0 spiro atoms. The summed E-state index contributed by atoms with van der Waals surface area (Å²) in [6.45, 7) is 1.90. The van der Waals surface area contributed by atoms with Crippen LogP contribution in [0.4, 0.5) is 0 Å². The van der Waals surface area contributed by atoms with E-state index >= 15 is 0 Å². The fourth-order valence-corrected chi connectivity index (χ4v) is 3.46. The Morgan fingerprint density at radius 2 is 2.08 bits per heavy atom. The van der Waals surface area contributed by atoms with Gasteiger partial charge in [-0.1, -0.05) is 19.8 Å². The van der Waals surface area contributed by atoms with Gasteiger partial charge in [-0.15, -0.1) is 0 Å². The molecule has 1 saturated carbocycles. The van der Waals surface area contributed by atoms with E-state index < -0.39 is 5.97 Å². The summed E-state index contributed by atoms with van der Waals surface area (Å²) in [6.07, 6.45) is 6.07. The molecule has 1 aliphatic rings. The van der Waals surface area contributed by atoms with Crippen LogP contribution in [-0.2, 0) is 20.7 Å². The average molecular weight is 359 g/mol. The first kappa shape index (κ1) is 18.3. The lowest BCUT2D eigenvalue weighted by atomic mass is 9.86. The van der Waals surface area contributed by atoms with Crippen molar-refractivity contribution in [2.75, 3.05) is 13.7 Å². The zero-order valence-corrected chi connectivity index (χ0v) is 15.2. The number of amides is 1. The highest BCUT2D eigenvalue weighted by atomic mass is 16.5. The number of benzene rings is 1. The van der Waals surface area contributed by atoms with Gasteiger partial charge in [-0.3, -0.25) is 9.59 Å². The third kappa shape index (κ3) is 4.36. The third-order valence-corrected chi connectivity index (χ3v) is 5.02. The summed E-state index contributed by atoms with van der Waals surface area (Å²) in [5.74, 6) is 0.474. The molecule has 0 aliphatic heterocycles. The van der Waals surface area contributed by atoms with Gasteiger partial charge in [-0.2, -0.15) is 0 Å². The van der Waals surface area contributed by atoms with Gasteiger partial charge in [0.25, 0.3) is 5.91 Å². The SMILES string of the molecule is COc1ccc2c(CC(=O)OCC(=O)N[C@@H]3CCCC[C@H]3C)coc2c1. The Morgan fingerprint density at radius 1 is 1.27 bits per heavy atom. The average Bonchev–Trinajstić information content (AvgIpc) is 3.04. The Hall–Kier alpha value is -2.50. The van der Waals surface area contributed by atoms with Crippen molar-refractivity contribution < 1.29 is 23.5 Å². The number of ether oxygens (including phenoxy) is 2. The van der Waals surface area contributed by atoms with Gasteiger partial charge in [0.1, 0.15) is 11.3 Å². The lowest BCUT2D eigenvalue weighted by molar-refractivity contribution is -0.148. The lowest BCUT2D eigenvalue weighted by Crippen LogP contribution is -2.42. The van der Waals surface area contributed by atoms with Crippen molar-refractivity contribution in [1.29, 1.82) is 0 Å². The maximum Gasteiger partial charge on any atom is 0.310 e. The van der Waals surface area contributed by atoms with E-state index in [9.17, 15) is 9.59 Å². The fraction of sp³-hybridized carbons (Fsp3) is 0.500. The molecule has 140 valence electrons. The zero-order valence-electron chi connectivity index (χ0n) is 15.2. The van der Waals surface area contributed by atoms with Crippen LogP contribution in [0.25, 0.3) is 11.0 Å². The van der Waals surface area contributed by atoms with Crippen molar-refractivity contribution in [3.63, 3.8) is 0 Å². The van der Waals surface area contributed by atoms with Crippen LogP contribution in [0.15, 0.2) is 28.9 Å². The number of furan rings is 1. The minimum absolute atomic E-state index is 0.0619. The number of fused-ring (bicyclic) bond motifs is 1. The summed E-state index contributed by atoms with van der Waals surface area (Å²) in [7, 11) is 1.58. The molecule has 0 radical (unpaired) electrons. The molecule has 1 aromatic heterocycles. The van der Waals surface area contributed by atoms with Gasteiger partial charge in [0.05, 0.1) is 19.8 Å². The van der Waals surface area contributed by atoms with Crippen LogP contribution in [0.3, 0.4) is 0 Å². The summed E-state index contributed by atoms with van der Waals surface area (Å²) >= 11 is 0.